The first kappa shape index (κ1) is 16.4. The molecular formula is C19H18O2S2. The van der Waals surface area contributed by atoms with E-state index >= 15 is 0 Å². The van der Waals surface area contributed by atoms with Crippen LogP contribution in [0.2, 0.25) is 0 Å². The molecule has 2 nitrogen and oxygen atoms in total. The summed E-state index contributed by atoms with van der Waals surface area (Å²) in [5, 5.41) is 0.0128. The van der Waals surface area contributed by atoms with Crippen LogP contribution in [-0.2, 0) is 9.53 Å². The lowest BCUT2D eigenvalue weighted by atomic mass is 10.1. The van der Waals surface area contributed by atoms with Gasteiger partial charge in [-0.1, -0.05) is 30.8 Å². The van der Waals surface area contributed by atoms with Crippen LogP contribution in [0.4, 0.5) is 0 Å². The Kier molecular flexibility index (Phi) is 5.26. The lowest BCUT2D eigenvalue weighted by molar-refractivity contribution is -0.107. The van der Waals surface area contributed by atoms with E-state index in [1.807, 2.05) is 36.0 Å². The molecule has 3 rings (SSSR count). The normalized spacial score (nSPS) is 16.1. The molecule has 1 atom stereocenters. The van der Waals surface area contributed by atoms with Crippen molar-refractivity contribution >= 4 is 28.6 Å². The molecule has 0 aromatic heterocycles. The second-order valence-electron chi connectivity index (χ2n) is 5.48. The van der Waals surface area contributed by atoms with Crippen molar-refractivity contribution in [1.29, 1.82) is 0 Å². The number of hydrogen-bond acceptors (Lipinski definition) is 4. The van der Waals surface area contributed by atoms with Crippen molar-refractivity contribution in [2.24, 2.45) is 0 Å². The molecule has 0 N–H and O–H groups in total. The molecule has 1 unspecified atom stereocenters. The minimum absolute atomic E-state index is 0.0128. The second-order valence-corrected chi connectivity index (χ2v) is 7.62. The summed E-state index contributed by atoms with van der Waals surface area (Å²) in [6, 6.07) is 16.6. The van der Waals surface area contributed by atoms with Crippen LogP contribution in [-0.4, -0.2) is 23.6 Å². The van der Waals surface area contributed by atoms with Crippen molar-refractivity contribution in [1.82, 2.24) is 0 Å². The Hall–Kier alpha value is -1.49. The molecule has 1 fully saturated rings. The van der Waals surface area contributed by atoms with Crippen LogP contribution >= 0.6 is 23.5 Å². The van der Waals surface area contributed by atoms with Crippen LogP contribution < -0.4 is 0 Å². The largest absolute Gasteiger partial charge is 0.372 e. The van der Waals surface area contributed by atoms with Gasteiger partial charge in [0, 0.05) is 15.5 Å². The van der Waals surface area contributed by atoms with Gasteiger partial charge in [-0.2, -0.15) is 0 Å². The molecule has 0 amide bonds. The van der Waals surface area contributed by atoms with Crippen LogP contribution in [0, 0.1) is 0 Å². The van der Waals surface area contributed by atoms with Crippen LogP contribution in [0.3, 0.4) is 0 Å². The van der Waals surface area contributed by atoms with Gasteiger partial charge in [0.25, 0.3) is 0 Å². The molecule has 0 spiro atoms. The van der Waals surface area contributed by atoms with E-state index in [4.69, 9.17) is 4.74 Å². The van der Waals surface area contributed by atoms with Crippen LogP contribution in [0.1, 0.15) is 6.92 Å². The molecule has 0 bridgehead atoms. The molecule has 23 heavy (non-hydrogen) atoms. The number of hydrogen-bond donors (Lipinski definition) is 0. The zero-order chi connectivity index (χ0) is 16.2. The molecule has 1 aliphatic heterocycles. The molecule has 0 aliphatic carbocycles. The molecule has 118 valence electrons. The van der Waals surface area contributed by atoms with Gasteiger partial charge in [-0.3, -0.25) is 4.79 Å². The van der Waals surface area contributed by atoms with Crippen LogP contribution in [0.5, 0.6) is 0 Å². The van der Waals surface area contributed by atoms with Gasteiger partial charge in [0.2, 0.25) is 5.12 Å². The summed E-state index contributed by atoms with van der Waals surface area (Å²) in [4.78, 5) is 13.9. The zero-order valence-corrected chi connectivity index (χ0v) is 14.6. The molecule has 1 heterocycles. The van der Waals surface area contributed by atoms with Crippen molar-refractivity contribution in [3.05, 3.63) is 60.7 Å². The highest BCUT2D eigenvalue weighted by Crippen LogP contribution is 2.29. The highest BCUT2D eigenvalue weighted by molar-refractivity contribution is 8.14. The Morgan fingerprint density at radius 3 is 2.09 bits per heavy atom. The number of benzene rings is 2. The summed E-state index contributed by atoms with van der Waals surface area (Å²) in [5.41, 5.74) is 2.91. The maximum absolute atomic E-state index is 11.7. The van der Waals surface area contributed by atoms with E-state index in [0.29, 0.717) is 11.7 Å². The molecule has 2 aromatic rings. The van der Waals surface area contributed by atoms with Crippen LogP contribution in [0.15, 0.2) is 70.5 Å². The fraction of sp³-hybridized carbons (Fsp3) is 0.211. The van der Waals surface area contributed by atoms with Crippen molar-refractivity contribution < 1.29 is 9.53 Å². The molecule has 4 heteroatoms. The quantitative estimate of drug-likeness (QED) is 0.418. The first-order chi connectivity index (χ1) is 11.1. The molecule has 2 aromatic carbocycles. The minimum atomic E-state index is 0.0128. The standard InChI is InChI=1S/C19H18O2S2/c1-13(2)19(20)23-18-9-5-15(6-10-18)14-3-7-17(8-4-14)22-12-16-11-21-16/h3-10,16H,1,11-12H2,2H3. The molecule has 0 radical (unpaired) electrons. The summed E-state index contributed by atoms with van der Waals surface area (Å²) < 4.78 is 5.22. The van der Waals surface area contributed by atoms with E-state index in [2.05, 4.69) is 30.8 Å². The lowest BCUT2D eigenvalue weighted by Crippen LogP contribution is -1.90. The number of epoxide rings is 1. The fourth-order valence-electron chi connectivity index (χ4n) is 2.01. The van der Waals surface area contributed by atoms with Gasteiger partial charge in [0.15, 0.2) is 0 Å². The Morgan fingerprint density at radius 2 is 1.61 bits per heavy atom. The van der Waals surface area contributed by atoms with Gasteiger partial charge >= 0.3 is 0 Å². The second kappa shape index (κ2) is 7.39. The maximum atomic E-state index is 11.7. The number of rotatable bonds is 6. The summed E-state index contributed by atoms with van der Waals surface area (Å²) in [7, 11) is 0. The van der Waals surface area contributed by atoms with E-state index in [1.54, 1.807) is 6.92 Å². The Bertz CT molecular complexity index is 701. The van der Waals surface area contributed by atoms with Gasteiger partial charge in [-0.05, 0) is 59.7 Å². The van der Waals surface area contributed by atoms with Crippen LogP contribution in [0.25, 0.3) is 11.1 Å². The monoisotopic (exact) mass is 342 g/mol. The van der Waals surface area contributed by atoms with Gasteiger partial charge in [0.05, 0.1) is 12.7 Å². The number of thioether (sulfide) groups is 2. The Balaban J connectivity index is 1.63. The first-order valence-corrected chi connectivity index (χ1v) is 9.24. The van der Waals surface area contributed by atoms with E-state index in [1.165, 1.54) is 22.2 Å². The third kappa shape index (κ3) is 4.74. The lowest BCUT2D eigenvalue weighted by Gasteiger charge is -2.05. The molecule has 0 saturated carbocycles. The highest BCUT2D eigenvalue weighted by atomic mass is 32.2. The third-order valence-electron chi connectivity index (χ3n) is 3.44. The van der Waals surface area contributed by atoms with Gasteiger partial charge in [-0.15, -0.1) is 11.8 Å². The predicted molar refractivity (Wildman–Crippen MR) is 98.0 cm³/mol. The summed E-state index contributed by atoms with van der Waals surface area (Å²) in [5.74, 6) is 1.03. The van der Waals surface area contributed by atoms with E-state index in [0.717, 1.165) is 22.8 Å². The smallest absolute Gasteiger partial charge is 0.219 e. The fourth-order valence-corrected chi connectivity index (χ4v) is 3.57. The third-order valence-corrected chi connectivity index (χ3v) is 5.62. The van der Waals surface area contributed by atoms with E-state index in [9.17, 15) is 4.79 Å². The highest BCUT2D eigenvalue weighted by Gasteiger charge is 2.22. The van der Waals surface area contributed by atoms with Crippen molar-refractivity contribution in [2.75, 3.05) is 12.4 Å². The molecule has 1 saturated heterocycles. The van der Waals surface area contributed by atoms with E-state index in [-0.39, 0.29) is 5.12 Å². The first-order valence-electron chi connectivity index (χ1n) is 7.44. The average molecular weight is 342 g/mol. The van der Waals surface area contributed by atoms with Crippen molar-refractivity contribution in [3.8, 4) is 11.1 Å². The number of ether oxygens (including phenoxy) is 1. The number of carbonyl (C=O) groups excluding carboxylic acids is 1. The average Bonchev–Trinajstić information content (AvgIpc) is 3.38. The van der Waals surface area contributed by atoms with Gasteiger partial charge in [-0.25, -0.2) is 0 Å². The molecule has 1 aliphatic rings. The predicted octanol–water partition coefficient (Wildman–Crippen LogP) is 5.04. The minimum Gasteiger partial charge on any atom is -0.372 e. The van der Waals surface area contributed by atoms with E-state index < -0.39 is 0 Å². The summed E-state index contributed by atoms with van der Waals surface area (Å²) in [6.07, 6.45) is 0.451. The maximum Gasteiger partial charge on any atom is 0.219 e. The number of carbonyl (C=O) groups is 1. The van der Waals surface area contributed by atoms with Gasteiger partial charge in [0.1, 0.15) is 0 Å². The summed E-state index contributed by atoms with van der Waals surface area (Å²) in [6.45, 7) is 6.31. The zero-order valence-electron chi connectivity index (χ0n) is 13.0. The SMILES string of the molecule is C=C(C)C(=O)Sc1ccc(-c2ccc(SCC3CO3)cc2)cc1. The van der Waals surface area contributed by atoms with Crippen molar-refractivity contribution in [2.45, 2.75) is 22.8 Å². The van der Waals surface area contributed by atoms with Crippen molar-refractivity contribution in [3.63, 3.8) is 0 Å². The Morgan fingerprint density at radius 1 is 1.09 bits per heavy atom. The Labute approximate surface area is 145 Å². The topological polar surface area (TPSA) is 29.6 Å². The molecular weight excluding hydrogens is 324 g/mol. The van der Waals surface area contributed by atoms with Gasteiger partial charge < -0.3 is 4.74 Å². The summed E-state index contributed by atoms with van der Waals surface area (Å²) >= 11 is 3.05.